The summed E-state index contributed by atoms with van der Waals surface area (Å²) in [4.78, 5) is 10.6. The normalized spacial score (nSPS) is 10.5. The molecule has 2 aromatic rings. The summed E-state index contributed by atoms with van der Waals surface area (Å²) in [5.74, 6) is 0.210. The molecule has 0 amide bonds. The first-order chi connectivity index (χ1) is 6.24. The van der Waals surface area contributed by atoms with Gasteiger partial charge in [0, 0.05) is 21.0 Å². The number of rotatable bonds is 1. The minimum Gasteiger partial charge on any atom is -0.506 e. The molecular weight excluding hydrogens is 299 g/mol. The molecule has 1 heterocycles. The Bertz CT molecular complexity index is 476. The predicted octanol–water partition coefficient (Wildman–Crippen LogP) is 3.02. The van der Waals surface area contributed by atoms with Gasteiger partial charge >= 0.3 is 0 Å². The predicted molar refractivity (Wildman–Crippen MR) is 61.6 cm³/mol. The topological polar surface area (TPSA) is 37.3 Å². The Morgan fingerprint density at radius 1 is 1.46 bits per heavy atom. The van der Waals surface area contributed by atoms with Crippen LogP contribution in [0, 0.1) is 3.57 Å². The van der Waals surface area contributed by atoms with Gasteiger partial charge in [-0.05, 0) is 34.7 Å². The first-order valence-electron chi connectivity index (χ1n) is 3.58. The molecule has 1 aromatic heterocycles. The molecule has 0 spiro atoms. The van der Waals surface area contributed by atoms with Crippen molar-refractivity contribution in [2.45, 2.75) is 0 Å². The van der Waals surface area contributed by atoms with Crippen LogP contribution in [0.2, 0.25) is 0 Å². The van der Waals surface area contributed by atoms with Gasteiger partial charge in [-0.25, -0.2) is 0 Å². The SMILES string of the molecule is O=Cc1csc2ccc(I)c(O)c12. The van der Waals surface area contributed by atoms with Crippen LogP contribution in [-0.4, -0.2) is 11.4 Å². The zero-order valence-electron chi connectivity index (χ0n) is 6.45. The van der Waals surface area contributed by atoms with E-state index in [2.05, 4.69) is 0 Å². The van der Waals surface area contributed by atoms with E-state index < -0.39 is 0 Å². The molecule has 1 N–H and O–H groups in total. The van der Waals surface area contributed by atoms with Crippen molar-refractivity contribution >= 4 is 50.3 Å². The van der Waals surface area contributed by atoms with Gasteiger partial charge in [-0.3, -0.25) is 4.79 Å². The van der Waals surface area contributed by atoms with Crippen molar-refractivity contribution in [2.75, 3.05) is 0 Å². The second-order valence-electron chi connectivity index (χ2n) is 2.58. The fraction of sp³-hybridized carbons (Fsp3) is 0. The monoisotopic (exact) mass is 304 g/mol. The van der Waals surface area contributed by atoms with E-state index in [4.69, 9.17) is 0 Å². The van der Waals surface area contributed by atoms with Crippen LogP contribution in [-0.2, 0) is 0 Å². The lowest BCUT2D eigenvalue weighted by molar-refractivity contribution is 0.112. The summed E-state index contributed by atoms with van der Waals surface area (Å²) < 4.78 is 1.71. The van der Waals surface area contributed by atoms with E-state index in [1.807, 2.05) is 34.7 Å². The van der Waals surface area contributed by atoms with Crippen LogP contribution in [0.4, 0.5) is 0 Å². The molecule has 0 unspecified atom stereocenters. The van der Waals surface area contributed by atoms with E-state index in [-0.39, 0.29) is 5.75 Å². The van der Waals surface area contributed by atoms with Crippen LogP contribution >= 0.6 is 33.9 Å². The fourth-order valence-corrected chi connectivity index (χ4v) is 2.55. The van der Waals surface area contributed by atoms with Gasteiger partial charge in [0.1, 0.15) is 5.75 Å². The summed E-state index contributed by atoms with van der Waals surface area (Å²) in [7, 11) is 0. The first-order valence-corrected chi connectivity index (χ1v) is 5.53. The van der Waals surface area contributed by atoms with Crippen LogP contribution in [0.15, 0.2) is 17.5 Å². The Hall–Kier alpha value is -0.620. The van der Waals surface area contributed by atoms with Gasteiger partial charge < -0.3 is 5.11 Å². The largest absolute Gasteiger partial charge is 0.506 e. The highest BCUT2D eigenvalue weighted by molar-refractivity contribution is 14.1. The third-order valence-electron chi connectivity index (χ3n) is 1.82. The quantitative estimate of drug-likeness (QED) is 0.649. The summed E-state index contributed by atoms with van der Waals surface area (Å²) >= 11 is 3.51. The molecule has 0 aliphatic heterocycles. The molecule has 0 atom stereocenters. The summed E-state index contributed by atoms with van der Waals surface area (Å²) in [6.45, 7) is 0. The lowest BCUT2D eigenvalue weighted by Gasteiger charge is -1.98. The van der Waals surface area contributed by atoms with Crippen LogP contribution in [0.5, 0.6) is 5.75 Å². The zero-order valence-corrected chi connectivity index (χ0v) is 9.43. The maximum Gasteiger partial charge on any atom is 0.151 e. The summed E-state index contributed by atoms with van der Waals surface area (Å²) in [5, 5.41) is 12.1. The number of aldehydes is 1. The van der Waals surface area contributed by atoms with E-state index in [1.165, 1.54) is 11.3 Å². The number of thiophene rings is 1. The number of halogens is 1. The number of phenolic OH excluding ortho intramolecular Hbond substituents is 1. The average molecular weight is 304 g/mol. The molecular formula is C9H5IO2S. The molecule has 0 aliphatic rings. The van der Waals surface area contributed by atoms with Crippen molar-refractivity contribution < 1.29 is 9.90 Å². The van der Waals surface area contributed by atoms with E-state index in [1.54, 1.807) is 5.38 Å². The highest BCUT2D eigenvalue weighted by Gasteiger charge is 2.09. The molecule has 0 aliphatic carbocycles. The maximum absolute atomic E-state index is 10.6. The third-order valence-corrected chi connectivity index (χ3v) is 3.66. The Balaban J connectivity index is 2.93. The smallest absolute Gasteiger partial charge is 0.151 e. The van der Waals surface area contributed by atoms with Crippen molar-refractivity contribution in [3.63, 3.8) is 0 Å². The van der Waals surface area contributed by atoms with Gasteiger partial charge in [0.15, 0.2) is 6.29 Å². The Labute approximate surface area is 92.3 Å². The van der Waals surface area contributed by atoms with Gasteiger partial charge in [0.25, 0.3) is 0 Å². The van der Waals surface area contributed by atoms with Crippen molar-refractivity contribution in [3.05, 3.63) is 26.6 Å². The molecule has 2 nitrogen and oxygen atoms in total. The molecule has 0 radical (unpaired) electrons. The molecule has 4 heteroatoms. The van der Waals surface area contributed by atoms with Crippen LogP contribution in [0.1, 0.15) is 10.4 Å². The lowest BCUT2D eigenvalue weighted by Crippen LogP contribution is -1.78. The molecule has 0 fully saturated rings. The van der Waals surface area contributed by atoms with E-state index in [0.717, 1.165) is 14.6 Å². The summed E-state index contributed by atoms with van der Waals surface area (Å²) in [5.41, 5.74) is 0.566. The number of phenols is 1. The second kappa shape index (κ2) is 3.26. The van der Waals surface area contributed by atoms with Crippen molar-refractivity contribution in [3.8, 4) is 5.75 Å². The fourth-order valence-electron chi connectivity index (χ4n) is 1.20. The molecule has 2 rings (SSSR count). The van der Waals surface area contributed by atoms with Crippen molar-refractivity contribution in [1.82, 2.24) is 0 Å². The third kappa shape index (κ3) is 1.34. The number of hydrogen-bond donors (Lipinski definition) is 1. The van der Waals surface area contributed by atoms with Crippen LogP contribution < -0.4 is 0 Å². The molecule has 0 saturated heterocycles. The van der Waals surface area contributed by atoms with Crippen molar-refractivity contribution in [2.24, 2.45) is 0 Å². The van der Waals surface area contributed by atoms with Gasteiger partial charge in [0.05, 0.1) is 3.57 Å². The molecule has 1 aromatic carbocycles. The first kappa shape index (κ1) is 8.96. The molecule has 0 bridgehead atoms. The van der Waals surface area contributed by atoms with E-state index in [9.17, 15) is 9.90 Å². The molecule has 0 saturated carbocycles. The second-order valence-corrected chi connectivity index (χ2v) is 4.65. The molecule has 66 valence electrons. The average Bonchev–Trinajstić information content (AvgIpc) is 2.55. The highest BCUT2D eigenvalue weighted by Crippen LogP contribution is 2.35. The van der Waals surface area contributed by atoms with E-state index >= 15 is 0 Å². The highest BCUT2D eigenvalue weighted by atomic mass is 127. The summed E-state index contributed by atoms with van der Waals surface area (Å²) in [6, 6.07) is 3.75. The standard InChI is InChI=1S/C9H5IO2S/c10-6-1-2-7-8(9(6)12)5(3-11)4-13-7/h1-4,12H. The van der Waals surface area contributed by atoms with Gasteiger partial charge in [-0.1, -0.05) is 0 Å². The van der Waals surface area contributed by atoms with Gasteiger partial charge in [-0.15, -0.1) is 11.3 Å². The Morgan fingerprint density at radius 2 is 2.23 bits per heavy atom. The van der Waals surface area contributed by atoms with Crippen LogP contribution in [0.25, 0.3) is 10.1 Å². The van der Waals surface area contributed by atoms with Crippen LogP contribution in [0.3, 0.4) is 0 Å². The number of fused-ring (bicyclic) bond motifs is 1. The van der Waals surface area contributed by atoms with Crippen molar-refractivity contribution in [1.29, 1.82) is 0 Å². The number of aromatic hydroxyl groups is 1. The lowest BCUT2D eigenvalue weighted by atomic mass is 10.2. The number of hydrogen-bond acceptors (Lipinski definition) is 3. The Morgan fingerprint density at radius 3 is 2.92 bits per heavy atom. The van der Waals surface area contributed by atoms with E-state index in [0.29, 0.717) is 10.9 Å². The number of carbonyl (C=O) groups is 1. The van der Waals surface area contributed by atoms with Gasteiger partial charge in [0.2, 0.25) is 0 Å². The Kier molecular flexibility index (Phi) is 2.25. The number of carbonyl (C=O) groups excluding carboxylic acids is 1. The maximum atomic E-state index is 10.6. The minimum absolute atomic E-state index is 0.210. The zero-order chi connectivity index (χ0) is 9.42. The molecule has 13 heavy (non-hydrogen) atoms. The summed E-state index contributed by atoms with van der Waals surface area (Å²) in [6.07, 6.45) is 0.772. The van der Waals surface area contributed by atoms with Gasteiger partial charge in [-0.2, -0.15) is 0 Å². The minimum atomic E-state index is 0.210. The number of benzene rings is 1.